The quantitative estimate of drug-likeness (QED) is 0.812. The lowest BCUT2D eigenvalue weighted by Crippen LogP contribution is -2.40. The molecule has 1 unspecified atom stereocenters. The Morgan fingerprint density at radius 1 is 1.17 bits per heavy atom. The molecule has 0 saturated heterocycles. The van der Waals surface area contributed by atoms with Crippen molar-refractivity contribution in [1.29, 1.82) is 0 Å². The van der Waals surface area contributed by atoms with Crippen molar-refractivity contribution in [2.75, 3.05) is 5.32 Å². The molecule has 1 atom stereocenters. The first-order valence-corrected chi connectivity index (χ1v) is 6.68. The molecule has 0 heterocycles. The van der Waals surface area contributed by atoms with E-state index in [1.165, 1.54) is 5.56 Å². The molecule has 0 saturated carbocycles. The SMILES string of the molecule is CCCc1ccc(NC(C)C(=O)NC(C)C)cc1. The summed E-state index contributed by atoms with van der Waals surface area (Å²) < 4.78 is 0. The molecule has 0 aromatic heterocycles. The largest absolute Gasteiger partial charge is 0.374 e. The van der Waals surface area contributed by atoms with Gasteiger partial charge in [0, 0.05) is 11.7 Å². The highest BCUT2D eigenvalue weighted by molar-refractivity contribution is 5.84. The molecule has 2 N–H and O–H groups in total. The first-order chi connectivity index (χ1) is 8.52. The minimum atomic E-state index is -0.218. The van der Waals surface area contributed by atoms with Gasteiger partial charge in [0.1, 0.15) is 6.04 Å². The number of benzene rings is 1. The minimum absolute atomic E-state index is 0.0302. The van der Waals surface area contributed by atoms with E-state index in [1.54, 1.807) is 0 Å². The average molecular weight is 248 g/mol. The number of nitrogens with one attached hydrogen (secondary N) is 2. The minimum Gasteiger partial charge on any atom is -0.374 e. The van der Waals surface area contributed by atoms with Crippen LogP contribution >= 0.6 is 0 Å². The van der Waals surface area contributed by atoms with Crippen LogP contribution in [0.15, 0.2) is 24.3 Å². The molecule has 0 radical (unpaired) electrons. The molecular formula is C15H24N2O. The summed E-state index contributed by atoms with van der Waals surface area (Å²) in [6, 6.07) is 8.24. The number of carbonyl (C=O) groups excluding carboxylic acids is 1. The lowest BCUT2D eigenvalue weighted by molar-refractivity contribution is -0.122. The molecule has 3 heteroatoms. The van der Waals surface area contributed by atoms with Gasteiger partial charge in [-0.1, -0.05) is 25.5 Å². The zero-order valence-electron chi connectivity index (χ0n) is 11.8. The summed E-state index contributed by atoms with van der Waals surface area (Å²) in [6.07, 6.45) is 2.25. The second-order valence-electron chi connectivity index (χ2n) is 4.98. The van der Waals surface area contributed by atoms with Gasteiger partial charge in [-0.2, -0.15) is 0 Å². The number of anilines is 1. The predicted molar refractivity (Wildman–Crippen MR) is 76.8 cm³/mol. The van der Waals surface area contributed by atoms with Gasteiger partial charge in [0.2, 0.25) is 5.91 Å². The van der Waals surface area contributed by atoms with Crippen LogP contribution in [0.1, 0.15) is 39.7 Å². The molecule has 18 heavy (non-hydrogen) atoms. The van der Waals surface area contributed by atoms with Crippen LogP contribution in [0.25, 0.3) is 0 Å². The predicted octanol–water partition coefficient (Wildman–Crippen LogP) is 2.96. The Labute approximate surface area is 110 Å². The van der Waals surface area contributed by atoms with Gasteiger partial charge in [-0.25, -0.2) is 0 Å². The van der Waals surface area contributed by atoms with Gasteiger partial charge in [0.15, 0.2) is 0 Å². The maximum Gasteiger partial charge on any atom is 0.242 e. The Morgan fingerprint density at radius 3 is 2.28 bits per heavy atom. The maximum atomic E-state index is 11.8. The third-order valence-corrected chi connectivity index (χ3v) is 2.70. The topological polar surface area (TPSA) is 41.1 Å². The maximum absolute atomic E-state index is 11.8. The van der Waals surface area contributed by atoms with Gasteiger partial charge < -0.3 is 10.6 Å². The van der Waals surface area contributed by atoms with Gasteiger partial charge >= 0.3 is 0 Å². The molecule has 0 bridgehead atoms. The lowest BCUT2D eigenvalue weighted by atomic mass is 10.1. The number of amides is 1. The summed E-state index contributed by atoms with van der Waals surface area (Å²) in [6.45, 7) is 7.97. The highest BCUT2D eigenvalue weighted by Gasteiger charge is 2.12. The fourth-order valence-corrected chi connectivity index (χ4v) is 1.78. The third-order valence-electron chi connectivity index (χ3n) is 2.70. The van der Waals surface area contributed by atoms with Crippen molar-refractivity contribution < 1.29 is 4.79 Å². The normalized spacial score (nSPS) is 12.3. The molecule has 0 fully saturated rings. The monoisotopic (exact) mass is 248 g/mol. The van der Waals surface area contributed by atoms with E-state index in [4.69, 9.17) is 0 Å². The molecule has 100 valence electrons. The van der Waals surface area contributed by atoms with E-state index in [2.05, 4.69) is 29.7 Å². The summed E-state index contributed by atoms with van der Waals surface area (Å²) in [5, 5.41) is 6.10. The average Bonchev–Trinajstić information content (AvgIpc) is 2.31. The number of hydrogen-bond acceptors (Lipinski definition) is 2. The molecule has 1 amide bonds. The number of aryl methyl sites for hydroxylation is 1. The molecule has 1 aromatic carbocycles. The highest BCUT2D eigenvalue weighted by atomic mass is 16.2. The zero-order chi connectivity index (χ0) is 13.5. The number of carbonyl (C=O) groups is 1. The van der Waals surface area contributed by atoms with Crippen molar-refractivity contribution in [3.63, 3.8) is 0 Å². The van der Waals surface area contributed by atoms with Gasteiger partial charge in [0.05, 0.1) is 0 Å². The molecule has 1 aromatic rings. The van der Waals surface area contributed by atoms with Crippen molar-refractivity contribution in [2.45, 2.75) is 52.6 Å². The van der Waals surface area contributed by atoms with Crippen LogP contribution in [0, 0.1) is 0 Å². The Morgan fingerprint density at radius 2 is 1.78 bits per heavy atom. The molecule has 0 spiro atoms. The molecule has 1 rings (SSSR count). The van der Waals surface area contributed by atoms with Crippen LogP contribution in [0.4, 0.5) is 5.69 Å². The first-order valence-electron chi connectivity index (χ1n) is 6.68. The van der Waals surface area contributed by atoms with E-state index >= 15 is 0 Å². The summed E-state index contributed by atoms with van der Waals surface area (Å²) >= 11 is 0. The zero-order valence-corrected chi connectivity index (χ0v) is 11.8. The van der Waals surface area contributed by atoms with E-state index in [0.29, 0.717) is 0 Å². The molecular weight excluding hydrogens is 224 g/mol. The Bertz CT molecular complexity index is 371. The van der Waals surface area contributed by atoms with Crippen molar-refractivity contribution in [2.24, 2.45) is 0 Å². The second-order valence-corrected chi connectivity index (χ2v) is 4.98. The van der Waals surface area contributed by atoms with Crippen LogP contribution in [0.5, 0.6) is 0 Å². The van der Waals surface area contributed by atoms with Crippen molar-refractivity contribution in [3.05, 3.63) is 29.8 Å². The van der Waals surface area contributed by atoms with Gasteiger partial charge in [-0.3, -0.25) is 4.79 Å². The smallest absolute Gasteiger partial charge is 0.242 e. The third kappa shape index (κ3) is 4.78. The summed E-state index contributed by atoms with van der Waals surface area (Å²) in [7, 11) is 0. The Balaban J connectivity index is 2.53. The first kappa shape index (κ1) is 14.6. The van der Waals surface area contributed by atoms with E-state index in [9.17, 15) is 4.79 Å². The van der Waals surface area contributed by atoms with Crippen LogP contribution in [-0.2, 0) is 11.2 Å². The number of rotatable bonds is 6. The van der Waals surface area contributed by atoms with E-state index in [1.807, 2.05) is 32.9 Å². The van der Waals surface area contributed by atoms with Crippen LogP contribution in [0.2, 0.25) is 0 Å². The fraction of sp³-hybridized carbons (Fsp3) is 0.533. The Hall–Kier alpha value is -1.51. The summed E-state index contributed by atoms with van der Waals surface area (Å²) in [5.74, 6) is 0.0302. The summed E-state index contributed by atoms with van der Waals surface area (Å²) in [4.78, 5) is 11.8. The second kappa shape index (κ2) is 7.04. The van der Waals surface area contributed by atoms with Gasteiger partial charge in [-0.15, -0.1) is 0 Å². The fourth-order valence-electron chi connectivity index (χ4n) is 1.78. The standard InChI is InChI=1S/C15H24N2O/c1-5-6-13-7-9-14(10-8-13)17-12(4)15(18)16-11(2)3/h7-12,17H,5-6H2,1-4H3,(H,16,18). The molecule has 0 aliphatic rings. The van der Waals surface area contributed by atoms with E-state index < -0.39 is 0 Å². The lowest BCUT2D eigenvalue weighted by Gasteiger charge is -2.17. The van der Waals surface area contributed by atoms with Gasteiger partial charge in [0.25, 0.3) is 0 Å². The van der Waals surface area contributed by atoms with E-state index in [-0.39, 0.29) is 18.0 Å². The molecule has 0 aliphatic heterocycles. The van der Waals surface area contributed by atoms with Crippen molar-refractivity contribution in [3.8, 4) is 0 Å². The highest BCUT2D eigenvalue weighted by Crippen LogP contribution is 2.12. The van der Waals surface area contributed by atoms with Crippen molar-refractivity contribution in [1.82, 2.24) is 5.32 Å². The molecule has 0 aliphatic carbocycles. The molecule has 3 nitrogen and oxygen atoms in total. The number of hydrogen-bond donors (Lipinski definition) is 2. The van der Waals surface area contributed by atoms with Gasteiger partial charge in [-0.05, 0) is 44.9 Å². The van der Waals surface area contributed by atoms with Crippen LogP contribution in [0.3, 0.4) is 0 Å². The van der Waals surface area contributed by atoms with E-state index in [0.717, 1.165) is 18.5 Å². The Kier molecular flexibility index (Phi) is 5.69. The van der Waals surface area contributed by atoms with Crippen molar-refractivity contribution >= 4 is 11.6 Å². The van der Waals surface area contributed by atoms with Crippen LogP contribution < -0.4 is 10.6 Å². The summed E-state index contributed by atoms with van der Waals surface area (Å²) in [5.41, 5.74) is 2.32. The van der Waals surface area contributed by atoms with Crippen LogP contribution in [-0.4, -0.2) is 18.0 Å².